The van der Waals surface area contributed by atoms with Gasteiger partial charge in [0, 0.05) is 11.1 Å². The van der Waals surface area contributed by atoms with Gasteiger partial charge in [0.15, 0.2) is 11.6 Å². The summed E-state index contributed by atoms with van der Waals surface area (Å²) in [6.45, 7) is 6.32. The molecule has 118 valence electrons. The fourth-order valence-corrected chi connectivity index (χ4v) is 3.62. The highest BCUT2D eigenvalue weighted by Crippen LogP contribution is 2.38. The minimum Gasteiger partial charge on any atom is -0.293 e. The lowest BCUT2D eigenvalue weighted by molar-refractivity contribution is 0.0889. The van der Waals surface area contributed by atoms with Crippen LogP contribution >= 0.6 is 0 Å². The second-order valence-electron chi connectivity index (χ2n) is 6.10. The Balaban J connectivity index is 2.20. The van der Waals surface area contributed by atoms with E-state index in [4.69, 9.17) is 0 Å². The normalized spacial score (nSPS) is 14.4. The van der Waals surface area contributed by atoms with E-state index in [1.165, 1.54) is 5.56 Å². The van der Waals surface area contributed by atoms with E-state index in [-0.39, 0.29) is 11.6 Å². The van der Waals surface area contributed by atoms with E-state index >= 15 is 0 Å². The van der Waals surface area contributed by atoms with Crippen molar-refractivity contribution in [1.29, 1.82) is 0 Å². The predicted molar refractivity (Wildman–Crippen MR) is 92.4 cm³/mol. The molecule has 1 aliphatic carbocycles. The van der Waals surface area contributed by atoms with Gasteiger partial charge in [-0.1, -0.05) is 57.2 Å². The van der Waals surface area contributed by atoms with Crippen LogP contribution in [0.15, 0.2) is 36.4 Å². The maximum absolute atomic E-state index is 12.9. The van der Waals surface area contributed by atoms with Gasteiger partial charge in [0.05, 0.1) is 0 Å². The SMILES string of the molecule is CCc1cc(CC)c(C2C(=O)c3ccccc3C2=O)c(CC)c1. The van der Waals surface area contributed by atoms with E-state index < -0.39 is 5.92 Å². The van der Waals surface area contributed by atoms with Crippen LogP contribution in [0.5, 0.6) is 0 Å². The largest absolute Gasteiger partial charge is 0.293 e. The predicted octanol–water partition coefficient (Wildman–Crippen LogP) is 4.54. The minimum absolute atomic E-state index is 0.0424. The summed E-state index contributed by atoms with van der Waals surface area (Å²) in [6.07, 6.45) is 2.64. The van der Waals surface area contributed by atoms with Gasteiger partial charge >= 0.3 is 0 Å². The number of hydrogen-bond acceptors (Lipinski definition) is 2. The first-order valence-corrected chi connectivity index (χ1v) is 8.44. The Morgan fingerprint density at radius 3 is 1.65 bits per heavy atom. The molecule has 23 heavy (non-hydrogen) atoms. The van der Waals surface area contributed by atoms with Crippen LogP contribution in [0.4, 0.5) is 0 Å². The number of rotatable bonds is 4. The molecule has 2 nitrogen and oxygen atoms in total. The molecule has 0 fully saturated rings. The highest BCUT2D eigenvalue weighted by molar-refractivity contribution is 6.29. The van der Waals surface area contributed by atoms with Crippen LogP contribution in [0, 0.1) is 0 Å². The topological polar surface area (TPSA) is 34.1 Å². The van der Waals surface area contributed by atoms with Crippen LogP contribution in [0.25, 0.3) is 0 Å². The molecule has 0 N–H and O–H groups in total. The maximum atomic E-state index is 12.9. The molecule has 0 bridgehead atoms. The van der Waals surface area contributed by atoms with Crippen molar-refractivity contribution >= 4 is 11.6 Å². The summed E-state index contributed by atoms with van der Waals surface area (Å²) < 4.78 is 0. The zero-order valence-electron chi connectivity index (χ0n) is 14.0. The second kappa shape index (κ2) is 6.11. The van der Waals surface area contributed by atoms with Crippen LogP contribution in [-0.2, 0) is 19.3 Å². The zero-order chi connectivity index (χ0) is 16.6. The Morgan fingerprint density at radius 2 is 1.26 bits per heavy atom. The first-order valence-electron chi connectivity index (χ1n) is 8.44. The molecule has 2 aromatic carbocycles. The van der Waals surface area contributed by atoms with Crippen LogP contribution < -0.4 is 0 Å². The molecule has 1 aliphatic rings. The molecule has 0 unspecified atom stereocenters. The van der Waals surface area contributed by atoms with Gasteiger partial charge in [-0.3, -0.25) is 9.59 Å². The van der Waals surface area contributed by atoms with Gasteiger partial charge in [-0.2, -0.15) is 0 Å². The molecule has 0 saturated carbocycles. The van der Waals surface area contributed by atoms with Crippen molar-refractivity contribution in [2.24, 2.45) is 0 Å². The molecule has 0 saturated heterocycles. The lowest BCUT2D eigenvalue weighted by Crippen LogP contribution is -2.17. The number of carbonyl (C=O) groups is 2. The third-order valence-electron chi connectivity index (χ3n) is 4.85. The van der Waals surface area contributed by atoms with Gasteiger partial charge in [0.2, 0.25) is 0 Å². The first-order chi connectivity index (χ1) is 11.1. The van der Waals surface area contributed by atoms with E-state index in [0.717, 1.165) is 36.0 Å². The molecule has 0 aliphatic heterocycles. The van der Waals surface area contributed by atoms with Crippen LogP contribution in [0.3, 0.4) is 0 Å². The molecular weight excluding hydrogens is 284 g/mol. The third-order valence-corrected chi connectivity index (χ3v) is 4.85. The maximum Gasteiger partial charge on any atom is 0.178 e. The van der Waals surface area contributed by atoms with Crippen LogP contribution in [0.2, 0.25) is 0 Å². The molecule has 2 aromatic rings. The summed E-state index contributed by atoms with van der Waals surface area (Å²) in [5.41, 5.74) is 5.66. The van der Waals surface area contributed by atoms with Crippen molar-refractivity contribution in [2.75, 3.05) is 0 Å². The number of aryl methyl sites for hydroxylation is 3. The van der Waals surface area contributed by atoms with E-state index in [1.807, 2.05) is 12.1 Å². The van der Waals surface area contributed by atoms with Crippen molar-refractivity contribution in [1.82, 2.24) is 0 Å². The smallest absolute Gasteiger partial charge is 0.178 e. The van der Waals surface area contributed by atoms with Gasteiger partial charge in [-0.15, -0.1) is 0 Å². The molecule has 0 heterocycles. The Kier molecular flexibility index (Phi) is 4.16. The van der Waals surface area contributed by atoms with Gasteiger partial charge in [-0.25, -0.2) is 0 Å². The fraction of sp³-hybridized carbons (Fsp3) is 0.333. The molecule has 0 aromatic heterocycles. The molecule has 0 amide bonds. The van der Waals surface area contributed by atoms with E-state index in [1.54, 1.807) is 12.1 Å². The number of fused-ring (bicyclic) bond motifs is 1. The third kappa shape index (κ3) is 2.42. The molecule has 0 atom stereocenters. The van der Waals surface area contributed by atoms with Crippen LogP contribution in [0.1, 0.15) is 69.7 Å². The number of hydrogen-bond donors (Lipinski definition) is 0. The summed E-state index contributed by atoms with van der Waals surface area (Å²) in [7, 11) is 0. The van der Waals surface area contributed by atoms with Crippen molar-refractivity contribution in [3.63, 3.8) is 0 Å². The fourth-order valence-electron chi connectivity index (χ4n) is 3.62. The van der Waals surface area contributed by atoms with Crippen molar-refractivity contribution in [3.05, 3.63) is 69.8 Å². The van der Waals surface area contributed by atoms with Crippen molar-refractivity contribution < 1.29 is 9.59 Å². The average molecular weight is 306 g/mol. The number of Topliss-reactive ketones (excluding diaryl/α,β-unsaturated/α-hetero) is 2. The molecule has 2 heteroatoms. The summed E-state index contributed by atoms with van der Waals surface area (Å²) in [6, 6.07) is 11.5. The van der Waals surface area contributed by atoms with Gasteiger partial charge in [-0.05, 0) is 41.5 Å². The van der Waals surface area contributed by atoms with E-state index in [2.05, 4.69) is 32.9 Å². The molecule has 0 spiro atoms. The average Bonchev–Trinajstić information content (AvgIpc) is 2.85. The van der Waals surface area contributed by atoms with Crippen molar-refractivity contribution in [2.45, 2.75) is 46.0 Å². The number of benzene rings is 2. The monoisotopic (exact) mass is 306 g/mol. The van der Waals surface area contributed by atoms with Crippen LogP contribution in [-0.4, -0.2) is 11.6 Å². The quantitative estimate of drug-likeness (QED) is 0.777. The molecule has 3 rings (SSSR count). The van der Waals surface area contributed by atoms with E-state index in [0.29, 0.717) is 11.1 Å². The zero-order valence-corrected chi connectivity index (χ0v) is 14.0. The Bertz CT molecular complexity index is 726. The van der Waals surface area contributed by atoms with E-state index in [9.17, 15) is 9.59 Å². The highest BCUT2D eigenvalue weighted by atomic mass is 16.2. The number of ketones is 2. The lowest BCUT2D eigenvalue weighted by Gasteiger charge is -2.19. The second-order valence-corrected chi connectivity index (χ2v) is 6.10. The highest BCUT2D eigenvalue weighted by Gasteiger charge is 2.41. The standard InChI is InChI=1S/C21H22O2/c1-4-13-11-14(5-2)18(15(6-3)12-13)19-20(22)16-9-7-8-10-17(16)21(19)23/h7-12,19H,4-6H2,1-3H3. The summed E-state index contributed by atoms with van der Waals surface area (Å²) in [4.78, 5) is 25.8. The summed E-state index contributed by atoms with van der Waals surface area (Å²) in [5.74, 6) is -0.735. The Labute approximate surface area is 137 Å². The lowest BCUT2D eigenvalue weighted by atomic mass is 9.83. The van der Waals surface area contributed by atoms with Gasteiger partial charge in [0.1, 0.15) is 5.92 Å². The summed E-state index contributed by atoms with van der Waals surface area (Å²) in [5, 5.41) is 0. The first kappa shape index (κ1) is 15.7. The minimum atomic E-state index is -0.650. The Morgan fingerprint density at radius 1 is 0.783 bits per heavy atom. The molecular formula is C21H22O2. The van der Waals surface area contributed by atoms with Crippen molar-refractivity contribution in [3.8, 4) is 0 Å². The van der Waals surface area contributed by atoms with Gasteiger partial charge in [0.25, 0.3) is 0 Å². The Hall–Kier alpha value is -2.22. The molecule has 0 radical (unpaired) electrons. The summed E-state index contributed by atoms with van der Waals surface area (Å²) >= 11 is 0. The van der Waals surface area contributed by atoms with Gasteiger partial charge < -0.3 is 0 Å². The number of carbonyl (C=O) groups excluding carboxylic acids is 2.